The van der Waals surface area contributed by atoms with Crippen molar-refractivity contribution in [3.05, 3.63) is 89.5 Å². The molecule has 0 radical (unpaired) electrons. The largest absolute Gasteiger partial charge is 0.357 e. The second-order valence-electron chi connectivity index (χ2n) is 4.90. The Bertz CT molecular complexity index is 811. The van der Waals surface area contributed by atoms with E-state index in [4.69, 9.17) is 0 Å². The molecule has 0 N–H and O–H groups in total. The molecule has 4 rings (SSSR count). The van der Waals surface area contributed by atoms with Crippen LogP contribution in [0.3, 0.4) is 0 Å². The van der Waals surface area contributed by atoms with Gasteiger partial charge in [-0.1, -0.05) is 36.4 Å². The number of aliphatic imine (C=N–C) groups is 2. The summed E-state index contributed by atoms with van der Waals surface area (Å²) in [6.45, 7) is 0. The number of fused-ring (bicyclic) bond motifs is 1. The van der Waals surface area contributed by atoms with Crippen LogP contribution in [0.1, 0.15) is 11.1 Å². The van der Waals surface area contributed by atoms with Crippen LogP contribution >= 0.6 is 0 Å². The topological polar surface area (TPSA) is 64.6 Å². The quantitative estimate of drug-likeness (QED) is 0.717. The zero-order valence-corrected chi connectivity index (χ0v) is 12.2. The van der Waals surface area contributed by atoms with Crippen molar-refractivity contribution >= 4 is 23.3 Å². The Hall–Kier alpha value is -3.34. The number of hydrogen-bond donors (Lipinski definition) is 0. The molecule has 110 valence electrons. The standard InChI is InChI=1S/C18H12N5/c1-2-8-14-13(7-1)17(21-15-9-3-5-11-19-15)23-18(14)22-16-10-4-6-12-20-16/h1-12H/q-1. The maximum Gasteiger partial charge on any atom is 0.0837 e. The van der Waals surface area contributed by atoms with E-state index in [1.165, 1.54) is 0 Å². The van der Waals surface area contributed by atoms with E-state index in [-0.39, 0.29) is 0 Å². The van der Waals surface area contributed by atoms with Crippen LogP contribution in [-0.2, 0) is 0 Å². The number of hydrogen-bond acceptors (Lipinski definition) is 4. The fourth-order valence-electron chi connectivity index (χ4n) is 2.32. The van der Waals surface area contributed by atoms with E-state index in [2.05, 4.69) is 25.3 Å². The molecule has 2 aromatic heterocycles. The van der Waals surface area contributed by atoms with Crippen LogP contribution in [-0.4, -0.2) is 21.6 Å². The number of rotatable bonds is 2. The van der Waals surface area contributed by atoms with E-state index in [9.17, 15) is 0 Å². The summed E-state index contributed by atoms with van der Waals surface area (Å²) in [5.41, 5.74) is 1.90. The predicted molar refractivity (Wildman–Crippen MR) is 90.7 cm³/mol. The van der Waals surface area contributed by atoms with Gasteiger partial charge in [0.1, 0.15) is 0 Å². The molecule has 0 amide bonds. The zero-order valence-electron chi connectivity index (χ0n) is 12.2. The average Bonchev–Trinajstić information content (AvgIpc) is 2.95. The molecule has 0 atom stereocenters. The lowest BCUT2D eigenvalue weighted by molar-refractivity contribution is 1.27. The van der Waals surface area contributed by atoms with E-state index in [0.717, 1.165) is 11.1 Å². The van der Waals surface area contributed by atoms with Gasteiger partial charge in [-0.3, -0.25) is 9.97 Å². The molecule has 1 aliphatic rings. The third-order valence-electron chi connectivity index (χ3n) is 3.36. The molecule has 1 aromatic carbocycles. The Labute approximate surface area is 133 Å². The van der Waals surface area contributed by atoms with Gasteiger partial charge in [-0.05, 0) is 35.4 Å². The molecule has 0 spiro atoms. The number of pyridine rings is 2. The maximum atomic E-state index is 4.57. The lowest BCUT2D eigenvalue weighted by Gasteiger charge is -2.08. The smallest absolute Gasteiger partial charge is 0.0837 e. The van der Waals surface area contributed by atoms with Crippen LogP contribution in [0.15, 0.2) is 83.0 Å². The first-order valence-electron chi connectivity index (χ1n) is 7.21. The molecule has 3 heterocycles. The van der Waals surface area contributed by atoms with Gasteiger partial charge in [0, 0.05) is 24.1 Å². The molecule has 0 saturated heterocycles. The second kappa shape index (κ2) is 5.81. The molecule has 5 heteroatoms. The molecule has 0 unspecified atom stereocenters. The molecule has 23 heavy (non-hydrogen) atoms. The van der Waals surface area contributed by atoms with Crippen LogP contribution in [0, 0.1) is 0 Å². The minimum atomic E-state index is 0.619. The monoisotopic (exact) mass is 298 g/mol. The summed E-state index contributed by atoms with van der Waals surface area (Å²) in [5.74, 6) is 2.49. The van der Waals surface area contributed by atoms with Gasteiger partial charge in [0.2, 0.25) is 0 Å². The molecular formula is C18H12N5-. The Morgan fingerprint density at radius 2 is 1.09 bits per heavy atom. The summed E-state index contributed by atoms with van der Waals surface area (Å²) in [6.07, 6.45) is 3.42. The van der Waals surface area contributed by atoms with Crippen molar-refractivity contribution < 1.29 is 0 Å². The predicted octanol–water partition coefficient (Wildman–Crippen LogP) is 4.02. The highest BCUT2D eigenvalue weighted by Crippen LogP contribution is 2.28. The molecule has 3 aromatic rings. The molecule has 5 nitrogen and oxygen atoms in total. The fourth-order valence-corrected chi connectivity index (χ4v) is 2.32. The minimum absolute atomic E-state index is 0.619. The van der Waals surface area contributed by atoms with Crippen molar-refractivity contribution in [1.29, 1.82) is 0 Å². The highest BCUT2D eigenvalue weighted by molar-refractivity contribution is 6.38. The first kappa shape index (κ1) is 13.3. The van der Waals surface area contributed by atoms with Crippen LogP contribution in [0.2, 0.25) is 0 Å². The van der Waals surface area contributed by atoms with Gasteiger partial charge in [0.15, 0.2) is 0 Å². The van der Waals surface area contributed by atoms with Crippen LogP contribution in [0.4, 0.5) is 11.6 Å². The van der Waals surface area contributed by atoms with Gasteiger partial charge in [-0.2, -0.15) is 0 Å². The second-order valence-corrected chi connectivity index (χ2v) is 4.90. The minimum Gasteiger partial charge on any atom is -0.357 e. The molecular weight excluding hydrogens is 286 g/mol. The highest BCUT2D eigenvalue weighted by Gasteiger charge is 2.16. The van der Waals surface area contributed by atoms with E-state index in [1.54, 1.807) is 12.4 Å². The third kappa shape index (κ3) is 2.72. The van der Waals surface area contributed by atoms with Crippen molar-refractivity contribution in [3.63, 3.8) is 0 Å². The van der Waals surface area contributed by atoms with E-state index >= 15 is 0 Å². The lowest BCUT2D eigenvalue weighted by atomic mass is 10.1. The van der Waals surface area contributed by atoms with Gasteiger partial charge in [-0.25, -0.2) is 0 Å². The highest BCUT2D eigenvalue weighted by atomic mass is 15.1. The number of nitrogens with zero attached hydrogens (tertiary/aromatic N) is 5. The Morgan fingerprint density at radius 1 is 0.609 bits per heavy atom. The number of benzene rings is 1. The summed E-state index contributed by atoms with van der Waals surface area (Å²) in [4.78, 5) is 17.5. The maximum absolute atomic E-state index is 4.57. The van der Waals surface area contributed by atoms with Crippen LogP contribution in [0.5, 0.6) is 0 Å². The van der Waals surface area contributed by atoms with E-state index in [1.807, 2.05) is 60.7 Å². The summed E-state index contributed by atoms with van der Waals surface area (Å²) in [7, 11) is 0. The first-order valence-corrected chi connectivity index (χ1v) is 7.21. The van der Waals surface area contributed by atoms with Crippen molar-refractivity contribution in [1.82, 2.24) is 9.97 Å². The van der Waals surface area contributed by atoms with Gasteiger partial charge >= 0.3 is 0 Å². The number of aromatic nitrogens is 2. The normalized spacial score (nSPS) is 16.3. The Kier molecular flexibility index (Phi) is 3.37. The Morgan fingerprint density at radius 3 is 1.52 bits per heavy atom. The summed E-state index contributed by atoms with van der Waals surface area (Å²) in [5, 5.41) is 4.57. The fraction of sp³-hybridized carbons (Fsp3) is 0. The van der Waals surface area contributed by atoms with Gasteiger partial charge in [-0.15, -0.1) is 0 Å². The Balaban J connectivity index is 1.78. The summed E-state index contributed by atoms with van der Waals surface area (Å²) < 4.78 is 0. The number of amidine groups is 2. The van der Waals surface area contributed by atoms with Crippen molar-refractivity contribution in [3.8, 4) is 0 Å². The van der Waals surface area contributed by atoms with E-state index < -0.39 is 0 Å². The molecule has 1 aliphatic heterocycles. The lowest BCUT2D eigenvalue weighted by Crippen LogP contribution is -1.93. The van der Waals surface area contributed by atoms with Crippen molar-refractivity contribution in [2.24, 2.45) is 9.98 Å². The van der Waals surface area contributed by atoms with Crippen molar-refractivity contribution in [2.75, 3.05) is 0 Å². The van der Waals surface area contributed by atoms with Gasteiger partial charge in [0.25, 0.3) is 0 Å². The van der Waals surface area contributed by atoms with Gasteiger partial charge in [0.05, 0.1) is 11.6 Å². The zero-order chi connectivity index (χ0) is 15.5. The SMILES string of the molecule is c1ccc(/N=C2\[N-]/C(=N\c3ccccn3)c3ccccc32)nc1. The van der Waals surface area contributed by atoms with E-state index in [0.29, 0.717) is 23.3 Å². The first-order chi connectivity index (χ1) is 11.4. The third-order valence-corrected chi connectivity index (χ3v) is 3.36. The molecule has 0 saturated carbocycles. The summed E-state index contributed by atoms with van der Waals surface area (Å²) >= 11 is 0. The molecule has 0 aliphatic carbocycles. The van der Waals surface area contributed by atoms with Crippen molar-refractivity contribution in [2.45, 2.75) is 0 Å². The van der Waals surface area contributed by atoms with Gasteiger partial charge < -0.3 is 15.3 Å². The molecule has 0 bridgehead atoms. The molecule has 0 fully saturated rings. The average molecular weight is 298 g/mol. The summed E-state index contributed by atoms with van der Waals surface area (Å²) in [6, 6.07) is 19.1. The van der Waals surface area contributed by atoms with Crippen LogP contribution < -0.4 is 0 Å². The van der Waals surface area contributed by atoms with Crippen LogP contribution in [0.25, 0.3) is 5.32 Å².